The fraction of sp³-hybridized carbons (Fsp3) is 0.333. The smallest absolute Gasteiger partial charge is 0.264 e. The van der Waals surface area contributed by atoms with E-state index in [0.29, 0.717) is 4.88 Å². The van der Waals surface area contributed by atoms with Gasteiger partial charge in [-0.15, -0.1) is 11.3 Å². The second kappa shape index (κ2) is 5.73. The molecule has 0 fully saturated rings. The molecular weight excluding hydrogens is 272 g/mol. The molecule has 1 aromatic carbocycles. The molecule has 1 heterocycles. The first-order chi connectivity index (χ1) is 9.46. The SMILES string of the molecule is Cc1nc(C)c(C(=O)NC(C)(CO)c2ccccc2)s1. The highest BCUT2D eigenvalue weighted by atomic mass is 32.1. The highest BCUT2D eigenvalue weighted by Gasteiger charge is 2.29. The van der Waals surface area contributed by atoms with Crippen molar-refractivity contribution in [2.24, 2.45) is 0 Å². The van der Waals surface area contributed by atoms with Gasteiger partial charge in [0.05, 0.1) is 22.8 Å². The minimum Gasteiger partial charge on any atom is -0.394 e. The molecule has 2 N–H and O–H groups in total. The summed E-state index contributed by atoms with van der Waals surface area (Å²) < 4.78 is 0. The molecule has 1 atom stereocenters. The minimum atomic E-state index is -0.803. The molecule has 0 bridgehead atoms. The van der Waals surface area contributed by atoms with Crippen LogP contribution in [-0.4, -0.2) is 22.6 Å². The fourth-order valence-electron chi connectivity index (χ4n) is 2.06. The molecule has 4 nitrogen and oxygen atoms in total. The summed E-state index contributed by atoms with van der Waals surface area (Å²) in [5, 5.41) is 13.5. The van der Waals surface area contributed by atoms with Crippen LogP contribution in [0.5, 0.6) is 0 Å². The topological polar surface area (TPSA) is 62.2 Å². The quantitative estimate of drug-likeness (QED) is 0.909. The van der Waals surface area contributed by atoms with Crippen LogP contribution < -0.4 is 5.32 Å². The Kier molecular flexibility index (Phi) is 4.20. The number of aliphatic hydroxyl groups excluding tert-OH is 1. The van der Waals surface area contributed by atoms with Gasteiger partial charge in [-0.05, 0) is 26.3 Å². The lowest BCUT2D eigenvalue weighted by Crippen LogP contribution is -2.46. The van der Waals surface area contributed by atoms with Gasteiger partial charge in [0.2, 0.25) is 0 Å². The van der Waals surface area contributed by atoms with Crippen LogP contribution in [0.3, 0.4) is 0 Å². The minimum absolute atomic E-state index is 0.167. The second-order valence-corrected chi connectivity index (χ2v) is 6.16. The average Bonchev–Trinajstić information content (AvgIpc) is 2.78. The Hall–Kier alpha value is -1.72. The number of hydrogen-bond donors (Lipinski definition) is 2. The number of benzene rings is 1. The van der Waals surface area contributed by atoms with E-state index in [-0.39, 0.29) is 12.5 Å². The summed E-state index contributed by atoms with van der Waals surface area (Å²) in [6, 6.07) is 9.46. The van der Waals surface area contributed by atoms with E-state index in [9.17, 15) is 9.90 Å². The zero-order chi connectivity index (χ0) is 14.8. The molecule has 1 unspecified atom stereocenters. The van der Waals surface area contributed by atoms with Crippen molar-refractivity contribution in [2.75, 3.05) is 6.61 Å². The van der Waals surface area contributed by atoms with Gasteiger partial charge in [0.1, 0.15) is 4.88 Å². The molecule has 0 aliphatic rings. The van der Waals surface area contributed by atoms with Crippen LogP contribution in [0.15, 0.2) is 30.3 Å². The maximum atomic E-state index is 12.4. The Labute approximate surface area is 122 Å². The predicted octanol–water partition coefficient (Wildman–Crippen LogP) is 2.40. The summed E-state index contributed by atoms with van der Waals surface area (Å²) in [6.07, 6.45) is 0. The van der Waals surface area contributed by atoms with Gasteiger partial charge < -0.3 is 10.4 Å². The zero-order valence-electron chi connectivity index (χ0n) is 11.8. The molecule has 20 heavy (non-hydrogen) atoms. The van der Waals surface area contributed by atoms with Crippen molar-refractivity contribution < 1.29 is 9.90 Å². The van der Waals surface area contributed by atoms with Crippen molar-refractivity contribution in [3.05, 3.63) is 51.5 Å². The van der Waals surface area contributed by atoms with Crippen LogP contribution >= 0.6 is 11.3 Å². The third kappa shape index (κ3) is 2.89. The molecule has 0 saturated carbocycles. The molecule has 0 aliphatic heterocycles. The molecule has 2 aromatic rings. The molecule has 0 spiro atoms. The Morgan fingerprint density at radius 1 is 1.35 bits per heavy atom. The first kappa shape index (κ1) is 14.7. The van der Waals surface area contributed by atoms with E-state index in [1.54, 1.807) is 0 Å². The van der Waals surface area contributed by atoms with E-state index in [2.05, 4.69) is 10.3 Å². The van der Waals surface area contributed by atoms with Gasteiger partial charge >= 0.3 is 0 Å². The summed E-state index contributed by atoms with van der Waals surface area (Å²) >= 11 is 1.36. The number of nitrogens with one attached hydrogen (secondary N) is 1. The Bertz CT molecular complexity index is 610. The summed E-state index contributed by atoms with van der Waals surface area (Å²) in [7, 11) is 0. The summed E-state index contributed by atoms with van der Waals surface area (Å²) in [6.45, 7) is 5.33. The van der Waals surface area contributed by atoms with Crippen molar-refractivity contribution in [2.45, 2.75) is 26.3 Å². The molecular formula is C15H18N2O2S. The number of hydrogen-bond acceptors (Lipinski definition) is 4. The predicted molar refractivity (Wildman–Crippen MR) is 79.9 cm³/mol. The molecule has 0 saturated heterocycles. The van der Waals surface area contributed by atoms with Crippen molar-refractivity contribution in [3.8, 4) is 0 Å². The Morgan fingerprint density at radius 2 is 2.00 bits per heavy atom. The van der Waals surface area contributed by atoms with Crippen LogP contribution in [0.2, 0.25) is 0 Å². The van der Waals surface area contributed by atoms with E-state index < -0.39 is 5.54 Å². The van der Waals surface area contributed by atoms with Crippen molar-refractivity contribution in [1.29, 1.82) is 0 Å². The van der Waals surface area contributed by atoms with Gasteiger partial charge in [0.15, 0.2) is 0 Å². The lowest BCUT2D eigenvalue weighted by molar-refractivity contribution is 0.0853. The summed E-state index contributed by atoms with van der Waals surface area (Å²) in [5.74, 6) is -0.200. The summed E-state index contributed by atoms with van der Waals surface area (Å²) in [4.78, 5) is 17.2. The standard InChI is InChI=1S/C15H18N2O2S/c1-10-13(20-11(2)16-10)14(19)17-15(3,9-18)12-7-5-4-6-8-12/h4-8,18H,9H2,1-3H3,(H,17,19). The van der Waals surface area contributed by atoms with Crippen LogP contribution in [0, 0.1) is 13.8 Å². The number of nitrogens with zero attached hydrogens (tertiary/aromatic N) is 1. The molecule has 0 aliphatic carbocycles. The molecule has 106 valence electrons. The van der Waals surface area contributed by atoms with Crippen LogP contribution in [-0.2, 0) is 5.54 Å². The maximum absolute atomic E-state index is 12.4. The lowest BCUT2D eigenvalue weighted by atomic mass is 9.93. The van der Waals surface area contributed by atoms with Gasteiger partial charge in [-0.25, -0.2) is 4.98 Å². The molecule has 1 amide bonds. The molecule has 5 heteroatoms. The molecule has 1 aromatic heterocycles. The van der Waals surface area contributed by atoms with Crippen LogP contribution in [0.1, 0.15) is 32.9 Å². The van der Waals surface area contributed by atoms with E-state index in [0.717, 1.165) is 16.3 Å². The largest absolute Gasteiger partial charge is 0.394 e. The Balaban J connectivity index is 2.26. The Morgan fingerprint density at radius 3 is 2.50 bits per heavy atom. The van der Waals surface area contributed by atoms with Crippen LogP contribution in [0.4, 0.5) is 0 Å². The fourth-order valence-corrected chi connectivity index (χ4v) is 2.87. The average molecular weight is 290 g/mol. The number of thiazole rings is 1. The number of aliphatic hydroxyl groups is 1. The summed E-state index contributed by atoms with van der Waals surface area (Å²) in [5.41, 5.74) is 0.788. The first-order valence-electron chi connectivity index (χ1n) is 6.39. The molecule has 0 radical (unpaired) electrons. The lowest BCUT2D eigenvalue weighted by Gasteiger charge is -2.29. The number of carbonyl (C=O) groups excluding carboxylic acids is 1. The van der Waals surface area contributed by atoms with Gasteiger partial charge in [-0.1, -0.05) is 30.3 Å². The number of rotatable bonds is 4. The number of amides is 1. The van der Waals surface area contributed by atoms with E-state index >= 15 is 0 Å². The van der Waals surface area contributed by atoms with Crippen molar-refractivity contribution in [3.63, 3.8) is 0 Å². The maximum Gasteiger partial charge on any atom is 0.264 e. The zero-order valence-corrected chi connectivity index (χ0v) is 12.6. The third-order valence-corrected chi connectivity index (χ3v) is 4.30. The van der Waals surface area contributed by atoms with E-state index in [4.69, 9.17) is 0 Å². The highest BCUT2D eigenvalue weighted by Crippen LogP contribution is 2.23. The number of aromatic nitrogens is 1. The monoisotopic (exact) mass is 290 g/mol. The number of carbonyl (C=O) groups is 1. The van der Waals surface area contributed by atoms with E-state index in [1.165, 1.54) is 11.3 Å². The van der Waals surface area contributed by atoms with Gasteiger partial charge in [-0.2, -0.15) is 0 Å². The van der Waals surface area contributed by atoms with Gasteiger partial charge in [0, 0.05) is 0 Å². The highest BCUT2D eigenvalue weighted by molar-refractivity contribution is 7.13. The van der Waals surface area contributed by atoms with E-state index in [1.807, 2.05) is 51.1 Å². The van der Waals surface area contributed by atoms with Crippen molar-refractivity contribution >= 4 is 17.2 Å². The van der Waals surface area contributed by atoms with Crippen LogP contribution in [0.25, 0.3) is 0 Å². The second-order valence-electron chi connectivity index (χ2n) is 4.96. The van der Waals surface area contributed by atoms with Crippen molar-refractivity contribution in [1.82, 2.24) is 10.3 Å². The normalized spacial score (nSPS) is 13.8. The van der Waals surface area contributed by atoms with Gasteiger partial charge in [0.25, 0.3) is 5.91 Å². The molecule has 2 rings (SSSR count). The van der Waals surface area contributed by atoms with Gasteiger partial charge in [-0.3, -0.25) is 4.79 Å². The third-order valence-electron chi connectivity index (χ3n) is 3.23. The first-order valence-corrected chi connectivity index (χ1v) is 7.21. The number of aryl methyl sites for hydroxylation is 2.